The van der Waals surface area contributed by atoms with Crippen LogP contribution in [0.4, 0.5) is 0 Å². The highest BCUT2D eigenvalue weighted by Gasteiger charge is 2.71. The third-order valence-corrected chi connectivity index (χ3v) is 15.2. The molecule has 0 bridgehead atoms. The Bertz CT molecular complexity index is 1250. The summed E-state index contributed by atoms with van der Waals surface area (Å²) in [6.07, 6.45) is 14.0. The number of aryl methyl sites for hydroxylation is 1. The standard InChI is InChI=1S/C38H58NO3.ClH/c1-25(2)27-14-19-38(24-40)21-20-36(7)28(33(27)38)12-13-30-35(6)17-16-31(34(4,5)29(35)15-18-37(30,36)8)42-32(41)23-39-22-10-9-11-26(39)3;/h9-11,22,27-31,33,40H,1,12-21,23-24H2,2-8H3;1H/q+1;/p-1/t27-,28?,29?,30?,31-,33?,35-,36+,37+,38+;/m0./s1. The molecule has 0 radical (unpaired) electrons. The van der Waals surface area contributed by atoms with Crippen molar-refractivity contribution in [1.82, 2.24) is 0 Å². The Hall–Kier alpha value is -1.39. The van der Waals surface area contributed by atoms with Gasteiger partial charge >= 0.3 is 5.97 Å². The third kappa shape index (κ3) is 4.69. The van der Waals surface area contributed by atoms with E-state index in [9.17, 15) is 9.90 Å². The first-order valence-corrected chi connectivity index (χ1v) is 17.1. The molecule has 1 N–H and O–H groups in total. The van der Waals surface area contributed by atoms with Gasteiger partial charge in [0, 0.05) is 31.1 Å². The van der Waals surface area contributed by atoms with Crippen LogP contribution in [0.15, 0.2) is 36.5 Å². The predicted octanol–water partition coefficient (Wildman–Crippen LogP) is 4.85. The Labute approximate surface area is 267 Å². The number of fused-ring (bicyclic) bond motifs is 7. The highest BCUT2D eigenvalue weighted by Crippen LogP contribution is 2.77. The Kier molecular flexibility index (Phi) is 8.55. The zero-order valence-corrected chi connectivity index (χ0v) is 28.8. The number of nitrogens with zero attached hydrogens (tertiary/aromatic N) is 1. The number of ether oxygens (including phenoxy) is 1. The van der Waals surface area contributed by atoms with E-state index in [1.165, 1.54) is 56.9 Å². The van der Waals surface area contributed by atoms with Crippen LogP contribution in [0, 0.1) is 63.6 Å². The second-order valence-corrected chi connectivity index (χ2v) is 17.0. The number of hydrogen-bond acceptors (Lipinski definition) is 3. The molecule has 0 saturated heterocycles. The summed E-state index contributed by atoms with van der Waals surface area (Å²) in [5, 5.41) is 10.8. The highest BCUT2D eigenvalue weighted by atomic mass is 35.5. The fourth-order valence-electron chi connectivity index (χ4n) is 12.8. The van der Waals surface area contributed by atoms with E-state index in [-0.39, 0.29) is 47.3 Å². The number of halogens is 1. The van der Waals surface area contributed by atoms with Gasteiger partial charge in [0.05, 0.1) is 0 Å². The van der Waals surface area contributed by atoms with Gasteiger partial charge in [0.1, 0.15) is 6.10 Å². The predicted molar refractivity (Wildman–Crippen MR) is 167 cm³/mol. The van der Waals surface area contributed by atoms with Crippen molar-refractivity contribution in [3.8, 4) is 0 Å². The molecule has 4 unspecified atom stereocenters. The molecule has 1 heterocycles. The molecule has 10 atom stereocenters. The summed E-state index contributed by atoms with van der Waals surface area (Å²) < 4.78 is 8.33. The number of aliphatic hydroxyl groups excluding tert-OH is 1. The lowest BCUT2D eigenvalue weighted by Crippen LogP contribution is -3.00. The monoisotopic (exact) mass is 611 g/mol. The smallest absolute Gasteiger partial charge is 0.372 e. The molecule has 0 amide bonds. The summed E-state index contributed by atoms with van der Waals surface area (Å²) in [6, 6.07) is 6.03. The largest absolute Gasteiger partial charge is 1.00 e. The summed E-state index contributed by atoms with van der Waals surface area (Å²) >= 11 is 0. The molecule has 5 aliphatic rings. The molecule has 5 saturated carbocycles. The van der Waals surface area contributed by atoms with E-state index in [1.807, 2.05) is 35.9 Å². The highest BCUT2D eigenvalue weighted by molar-refractivity contribution is 5.68. The first kappa shape index (κ1) is 33.0. The van der Waals surface area contributed by atoms with Gasteiger partial charge in [-0.1, -0.05) is 52.8 Å². The normalized spacial score (nSPS) is 44.6. The van der Waals surface area contributed by atoms with Gasteiger partial charge in [-0.25, -0.2) is 4.79 Å². The van der Waals surface area contributed by atoms with Gasteiger partial charge in [-0.05, 0) is 122 Å². The molecule has 1 aromatic heterocycles. The van der Waals surface area contributed by atoms with Gasteiger partial charge in [0.25, 0.3) is 0 Å². The van der Waals surface area contributed by atoms with E-state index in [0.717, 1.165) is 18.5 Å². The Morgan fingerprint density at radius 3 is 2.37 bits per heavy atom. The van der Waals surface area contributed by atoms with Crippen LogP contribution in [0.3, 0.4) is 0 Å². The molecule has 43 heavy (non-hydrogen) atoms. The van der Waals surface area contributed by atoms with Crippen LogP contribution in [0.5, 0.6) is 0 Å². The zero-order valence-electron chi connectivity index (χ0n) is 28.1. The van der Waals surface area contributed by atoms with Crippen molar-refractivity contribution in [3.05, 3.63) is 42.2 Å². The second kappa shape index (κ2) is 11.1. The van der Waals surface area contributed by atoms with Crippen molar-refractivity contribution in [3.63, 3.8) is 0 Å². The number of carbonyl (C=O) groups excluding carboxylic acids is 1. The molecule has 240 valence electrons. The maximum absolute atomic E-state index is 13.2. The number of aliphatic hydroxyl groups is 1. The van der Waals surface area contributed by atoms with Crippen LogP contribution in [-0.4, -0.2) is 23.8 Å². The van der Waals surface area contributed by atoms with Gasteiger partial charge < -0.3 is 22.3 Å². The van der Waals surface area contributed by atoms with Crippen LogP contribution in [0.25, 0.3) is 0 Å². The average molecular weight is 612 g/mol. The maximum atomic E-state index is 13.2. The molecule has 5 heteroatoms. The van der Waals surface area contributed by atoms with Crippen molar-refractivity contribution < 1.29 is 31.6 Å². The lowest BCUT2D eigenvalue weighted by atomic mass is 9.32. The van der Waals surface area contributed by atoms with Crippen LogP contribution in [0.1, 0.15) is 111 Å². The summed E-state index contributed by atoms with van der Waals surface area (Å²) in [6.45, 7) is 22.2. The molecule has 1 aromatic rings. The molecule has 0 aromatic carbocycles. The van der Waals surface area contributed by atoms with Gasteiger partial charge in [0.15, 0.2) is 11.9 Å². The minimum Gasteiger partial charge on any atom is -1.00 e. The lowest BCUT2D eigenvalue weighted by molar-refractivity contribution is -0.692. The molecule has 5 aliphatic carbocycles. The molecule has 4 nitrogen and oxygen atoms in total. The summed E-state index contributed by atoms with van der Waals surface area (Å²) in [5.41, 5.74) is 3.33. The average Bonchev–Trinajstić information content (AvgIpc) is 3.33. The topological polar surface area (TPSA) is 50.4 Å². The molecule has 6 rings (SSSR count). The number of aromatic nitrogens is 1. The van der Waals surface area contributed by atoms with Crippen molar-refractivity contribution in [1.29, 1.82) is 0 Å². The molecule has 0 aliphatic heterocycles. The number of esters is 1. The number of allylic oxidation sites excluding steroid dienone is 1. The van der Waals surface area contributed by atoms with E-state index < -0.39 is 0 Å². The van der Waals surface area contributed by atoms with Crippen LogP contribution >= 0.6 is 0 Å². The number of rotatable bonds is 5. The van der Waals surface area contributed by atoms with Gasteiger partial charge in [-0.3, -0.25) is 0 Å². The Balaban J connectivity index is 0.00000368. The van der Waals surface area contributed by atoms with Crippen molar-refractivity contribution in [2.75, 3.05) is 6.61 Å². The Morgan fingerprint density at radius 1 is 0.953 bits per heavy atom. The maximum Gasteiger partial charge on any atom is 0.372 e. The summed E-state index contributed by atoms with van der Waals surface area (Å²) in [5.74, 6) is 2.96. The van der Waals surface area contributed by atoms with Crippen LogP contribution in [0.2, 0.25) is 0 Å². The second-order valence-electron chi connectivity index (χ2n) is 17.0. The minimum absolute atomic E-state index is 0. The van der Waals surface area contributed by atoms with Gasteiger partial charge in [-0.15, -0.1) is 0 Å². The van der Waals surface area contributed by atoms with E-state index >= 15 is 0 Å². The Morgan fingerprint density at radius 2 is 1.70 bits per heavy atom. The van der Waals surface area contributed by atoms with Gasteiger partial charge in [0.2, 0.25) is 6.54 Å². The van der Waals surface area contributed by atoms with E-state index in [1.54, 1.807) is 0 Å². The van der Waals surface area contributed by atoms with E-state index in [2.05, 4.69) is 48.1 Å². The van der Waals surface area contributed by atoms with E-state index in [4.69, 9.17) is 4.74 Å². The van der Waals surface area contributed by atoms with Crippen molar-refractivity contribution in [2.45, 2.75) is 125 Å². The number of hydrogen-bond donors (Lipinski definition) is 1. The third-order valence-electron chi connectivity index (χ3n) is 15.2. The fraction of sp³-hybridized carbons (Fsp3) is 0.789. The SMILES string of the molecule is C=C(C)[C@@H]1CC[C@]2(CO)CC[C@]3(C)C(CCC4[C@@]5(C)CC[C@H](OC(=O)C[n+]6ccccc6C)C(C)(C)C5CC[C@]43C)C12.[Cl-]. The molecule has 0 spiro atoms. The van der Waals surface area contributed by atoms with Gasteiger partial charge in [-0.2, -0.15) is 4.57 Å². The quantitative estimate of drug-likeness (QED) is 0.294. The molecule has 5 fully saturated rings. The molecular weight excluding hydrogens is 554 g/mol. The molecular formula is C38H58ClNO3. The lowest BCUT2D eigenvalue weighted by Gasteiger charge is -2.73. The van der Waals surface area contributed by atoms with E-state index in [0.29, 0.717) is 47.0 Å². The van der Waals surface area contributed by atoms with Crippen molar-refractivity contribution in [2.24, 2.45) is 56.7 Å². The minimum atomic E-state index is -0.108. The van der Waals surface area contributed by atoms with Crippen LogP contribution < -0.4 is 17.0 Å². The van der Waals surface area contributed by atoms with Crippen molar-refractivity contribution >= 4 is 5.97 Å². The fourth-order valence-corrected chi connectivity index (χ4v) is 12.8. The summed E-state index contributed by atoms with van der Waals surface area (Å²) in [7, 11) is 0. The first-order chi connectivity index (χ1) is 19.7. The number of pyridine rings is 1. The summed E-state index contributed by atoms with van der Waals surface area (Å²) in [4.78, 5) is 13.2. The van der Waals surface area contributed by atoms with Crippen LogP contribution in [-0.2, 0) is 16.1 Å². The number of carbonyl (C=O) groups is 1. The first-order valence-electron chi connectivity index (χ1n) is 17.1. The zero-order chi connectivity index (χ0) is 30.3.